The maximum Gasteiger partial charge on any atom is 0.156 e. The first-order valence-electron chi connectivity index (χ1n) is 4.30. The predicted molar refractivity (Wildman–Crippen MR) is 52.0 cm³/mol. The van der Waals surface area contributed by atoms with E-state index in [9.17, 15) is 4.79 Å². The molecule has 1 heterocycles. The zero-order valence-electron chi connectivity index (χ0n) is 8.04. The SMILES string of the molecule is CCC(=O)C(C)n1ncc(Cl)c1C. The molecule has 0 radical (unpaired) electrons. The molecule has 72 valence electrons. The Labute approximate surface area is 82.7 Å². The van der Waals surface area contributed by atoms with Gasteiger partial charge in [-0.05, 0) is 13.8 Å². The van der Waals surface area contributed by atoms with E-state index in [-0.39, 0.29) is 11.8 Å². The molecule has 1 aromatic rings. The molecule has 0 fully saturated rings. The molecule has 0 N–H and O–H groups in total. The summed E-state index contributed by atoms with van der Waals surface area (Å²) >= 11 is 5.83. The van der Waals surface area contributed by atoms with Gasteiger partial charge in [0.25, 0.3) is 0 Å². The third-order valence-corrected chi connectivity index (χ3v) is 2.54. The van der Waals surface area contributed by atoms with E-state index in [1.165, 1.54) is 0 Å². The average Bonchev–Trinajstić information content (AvgIpc) is 2.45. The third kappa shape index (κ3) is 1.91. The van der Waals surface area contributed by atoms with E-state index in [1.807, 2.05) is 20.8 Å². The zero-order valence-corrected chi connectivity index (χ0v) is 8.80. The van der Waals surface area contributed by atoms with Gasteiger partial charge in [0.15, 0.2) is 5.78 Å². The lowest BCUT2D eigenvalue weighted by Crippen LogP contribution is -2.17. The number of Topliss-reactive ketones (excluding diaryl/α,β-unsaturated/α-hetero) is 1. The second-order valence-electron chi connectivity index (χ2n) is 3.02. The highest BCUT2D eigenvalue weighted by Gasteiger charge is 2.16. The summed E-state index contributed by atoms with van der Waals surface area (Å²) in [6.07, 6.45) is 2.09. The molecule has 0 spiro atoms. The molecule has 0 bridgehead atoms. The molecule has 0 saturated carbocycles. The second-order valence-corrected chi connectivity index (χ2v) is 3.43. The van der Waals surface area contributed by atoms with E-state index < -0.39 is 0 Å². The van der Waals surface area contributed by atoms with Gasteiger partial charge in [0.05, 0.1) is 16.9 Å². The molecule has 1 aromatic heterocycles. The molecular weight excluding hydrogens is 188 g/mol. The van der Waals surface area contributed by atoms with Gasteiger partial charge in [0, 0.05) is 6.42 Å². The minimum absolute atomic E-state index is 0.169. The van der Waals surface area contributed by atoms with Crippen molar-refractivity contribution in [2.45, 2.75) is 33.2 Å². The largest absolute Gasteiger partial charge is 0.297 e. The maximum absolute atomic E-state index is 11.4. The van der Waals surface area contributed by atoms with Crippen LogP contribution in [0.1, 0.15) is 32.0 Å². The van der Waals surface area contributed by atoms with Gasteiger partial charge >= 0.3 is 0 Å². The molecule has 0 aromatic carbocycles. The van der Waals surface area contributed by atoms with Gasteiger partial charge in [0.1, 0.15) is 6.04 Å². The average molecular weight is 201 g/mol. The number of nitrogens with zero attached hydrogens (tertiary/aromatic N) is 2. The second kappa shape index (κ2) is 3.92. The van der Waals surface area contributed by atoms with Gasteiger partial charge in [-0.25, -0.2) is 0 Å². The Morgan fingerprint density at radius 2 is 2.38 bits per heavy atom. The third-order valence-electron chi connectivity index (χ3n) is 2.17. The fourth-order valence-corrected chi connectivity index (χ4v) is 1.35. The number of aromatic nitrogens is 2. The molecular formula is C9H13ClN2O. The first kappa shape index (κ1) is 10.3. The normalized spacial score (nSPS) is 12.9. The van der Waals surface area contributed by atoms with Crippen LogP contribution in [-0.4, -0.2) is 15.6 Å². The van der Waals surface area contributed by atoms with Crippen molar-refractivity contribution in [3.63, 3.8) is 0 Å². The highest BCUT2D eigenvalue weighted by Crippen LogP contribution is 2.18. The van der Waals surface area contributed by atoms with Crippen LogP contribution in [0.5, 0.6) is 0 Å². The molecule has 13 heavy (non-hydrogen) atoms. The fourth-order valence-electron chi connectivity index (χ4n) is 1.22. The van der Waals surface area contributed by atoms with Crippen molar-refractivity contribution in [1.82, 2.24) is 9.78 Å². The van der Waals surface area contributed by atoms with Crippen LogP contribution in [0.25, 0.3) is 0 Å². The summed E-state index contributed by atoms with van der Waals surface area (Å²) in [5, 5.41) is 4.66. The standard InChI is InChI=1S/C9H13ClN2O/c1-4-9(13)7(3)12-6(2)8(10)5-11-12/h5,7H,4H2,1-3H3. The van der Waals surface area contributed by atoms with Gasteiger partial charge in [-0.15, -0.1) is 0 Å². The number of rotatable bonds is 3. The van der Waals surface area contributed by atoms with Gasteiger partial charge in [-0.3, -0.25) is 9.48 Å². The van der Waals surface area contributed by atoms with Crippen LogP contribution >= 0.6 is 11.6 Å². The van der Waals surface area contributed by atoms with Crippen LogP contribution in [0.15, 0.2) is 6.20 Å². The maximum atomic E-state index is 11.4. The van der Waals surface area contributed by atoms with E-state index in [0.717, 1.165) is 5.69 Å². The fraction of sp³-hybridized carbons (Fsp3) is 0.556. The predicted octanol–water partition coefficient (Wildman–Crippen LogP) is 2.39. The molecule has 0 aliphatic rings. The number of carbonyl (C=O) groups excluding carboxylic acids is 1. The summed E-state index contributed by atoms with van der Waals surface area (Å²) in [5.74, 6) is 0.169. The topological polar surface area (TPSA) is 34.9 Å². The van der Waals surface area contributed by atoms with Crippen molar-refractivity contribution in [1.29, 1.82) is 0 Å². The molecule has 1 unspecified atom stereocenters. The number of halogens is 1. The summed E-state index contributed by atoms with van der Waals surface area (Å²) < 4.78 is 1.66. The molecule has 0 saturated heterocycles. The lowest BCUT2D eigenvalue weighted by Gasteiger charge is -2.11. The van der Waals surface area contributed by atoms with Gasteiger partial charge < -0.3 is 0 Å². The monoisotopic (exact) mass is 200 g/mol. The molecule has 0 aliphatic carbocycles. The smallest absolute Gasteiger partial charge is 0.156 e. The van der Waals surface area contributed by atoms with Crippen LogP contribution in [0.2, 0.25) is 5.02 Å². The Balaban J connectivity index is 2.95. The van der Waals surface area contributed by atoms with Crippen molar-refractivity contribution in [2.24, 2.45) is 0 Å². The summed E-state index contributed by atoms with van der Waals surface area (Å²) in [5.41, 5.74) is 0.843. The van der Waals surface area contributed by atoms with Gasteiger partial charge in [0.2, 0.25) is 0 Å². The van der Waals surface area contributed by atoms with Crippen molar-refractivity contribution in [2.75, 3.05) is 0 Å². The zero-order chi connectivity index (χ0) is 10.0. The summed E-state index contributed by atoms with van der Waals surface area (Å²) in [6, 6.07) is -0.211. The molecule has 1 atom stereocenters. The number of ketones is 1. The van der Waals surface area contributed by atoms with E-state index in [2.05, 4.69) is 5.10 Å². The van der Waals surface area contributed by atoms with E-state index in [0.29, 0.717) is 11.4 Å². The van der Waals surface area contributed by atoms with Crippen molar-refractivity contribution in [3.8, 4) is 0 Å². The summed E-state index contributed by atoms with van der Waals surface area (Å²) in [4.78, 5) is 11.4. The van der Waals surface area contributed by atoms with Crippen LogP contribution in [0.4, 0.5) is 0 Å². The number of hydrogen-bond acceptors (Lipinski definition) is 2. The molecule has 4 heteroatoms. The Kier molecular flexibility index (Phi) is 3.09. The lowest BCUT2D eigenvalue weighted by atomic mass is 10.2. The minimum atomic E-state index is -0.211. The Hall–Kier alpha value is -0.830. The van der Waals surface area contributed by atoms with Crippen molar-refractivity contribution >= 4 is 17.4 Å². The van der Waals surface area contributed by atoms with E-state index in [4.69, 9.17) is 11.6 Å². The number of hydrogen-bond donors (Lipinski definition) is 0. The summed E-state index contributed by atoms with van der Waals surface area (Å²) in [6.45, 7) is 5.54. The van der Waals surface area contributed by atoms with Gasteiger partial charge in [-0.2, -0.15) is 5.10 Å². The summed E-state index contributed by atoms with van der Waals surface area (Å²) in [7, 11) is 0. The lowest BCUT2D eigenvalue weighted by molar-refractivity contribution is -0.121. The van der Waals surface area contributed by atoms with Crippen LogP contribution in [0, 0.1) is 6.92 Å². The highest BCUT2D eigenvalue weighted by atomic mass is 35.5. The van der Waals surface area contributed by atoms with Crippen LogP contribution in [0.3, 0.4) is 0 Å². The van der Waals surface area contributed by atoms with Crippen molar-refractivity contribution < 1.29 is 4.79 Å². The molecule has 1 rings (SSSR count). The van der Waals surface area contributed by atoms with Gasteiger partial charge in [-0.1, -0.05) is 18.5 Å². The molecule has 0 amide bonds. The van der Waals surface area contributed by atoms with Crippen molar-refractivity contribution in [3.05, 3.63) is 16.9 Å². The van der Waals surface area contributed by atoms with E-state index >= 15 is 0 Å². The van der Waals surface area contributed by atoms with E-state index in [1.54, 1.807) is 10.9 Å². The van der Waals surface area contributed by atoms with Crippen LogP contribution in [-0.2, 0) is 4.79 Å². The first-order valence-corrected chi connectivity index (χ1v) is 4.68. The van der Waals surface area contributed by atoms with Crippen LogP contribution < -0.4 is 0 Å². The Morgan fingerprint density at radius 3 is 2.77 bits per heavy atom. The molecule has 0 aliphatic heterocycles. The Bertz CT molecular complexity index is 319. The number of carbonyl (C=O) groups is 1. The highest BCUT2D eigenvalue weighted by molar-refractivity contribution is 6.31. The first-order chi connectivity index (χ1) is 6.07. The molecule has 3 nitrogen and oxygen atoms in total. The minimum Gasteiger partial charge on any atom is -0.297 e. The Morgan fingerprint density at radius 1 is 1.77 bits per heavy atom. The quantitative estimate of drug-likeness (QED) is 0.751.